The van der Waals surface area contributed by atoms with E-state index in [4.69, 9.17) is 46.9 Å². The molecule has 0 atom stereocenters. The number of aromatic nitrogens is 1. The van der Waals surface area contributed by atoms with Gasteiger partial charge in [-0.15, -0.1) is 0 Å². The molecule has 14 heteroatoms. The minimum atomic E-state index is 0. The number of fused-ring (bicyclic) bond motifs is 1. The number of methoxy groups -OCH3 is 2. The van der Waals surface area contributed by atoms with Crippen LogP contribution in [-0.4, -0.2) is 113 Å². The van der Waals surface area contributed by atoms with Gasteiger partial charge in [0.2, 0.25) is 0 Å². The number of benzene rings is 2. The molecule has 12 nitrogen and oxygen atoms in total. The van der Waals surface area contributed by atoms with Crippen LogP contribution in [0.1, 0.15) is 12.0 Å². The standard InChI is InChI=1S/C26H29Cl2N5O3.C4H8O2.2H2O/c1-32-6-8-33(9-7-32)5-4-10-36-25-13-21-18(11-24(25)35-3)26(17(15-29)16-30-21)31-22-14-23(34-2)20(28)12-19(22)27;1-2-6-4-3-5-1;;/h11-14,16H,4-10H2,1-3H3,(H,30,31);1-4H2;2*1H2. The van der Waals surface area contributed by atoms with Crippen LogP contribution in [-0.2, 0) is 9.47 Å². The van der Waals surface area contributed by atoms with Crippen LogP contribution < -0.4 is 19.5 Å². The van der Waals surface area contributed by atoms with Crippen molar-refractivity contribution >= 4 is 45.5 Å². The highest BCUT2D eigenvalue weighted by molar-refractivity contribution is 6.37. The zero-order chi connectivity index (χ0) is 29.9. The van der Waals surface area contributed by atoms with E-state index in [0.717, 1.165) is 65.6 Å². The van der Waals surface area contributed by atoms with Crippen molar-refractivity contribution < 1.29 is 34.6 Å². The lowest BCUT2D eigenvalue weighted by Gasteiger charge is -2.32. The molecular weight excluding hydrogens is 613 g/mol. The number of anilines is 2. The molecule has 5 rings (SSSR count). The first-order valence-electron chi connectivity index (χ1n) is 13.8. The van der Waals surface area contributed by atoms with Crippen LogP contribution in [0.5, 0.6) is 17.2 Å². The normalized spacial score (nSPS) is 15.1. The molecule has 1 aromatic heterocycles. The average molecular weight is 655 g/mol. The van der Waals surface area contributed by atoms with Crippen molar-refractivity contribution in [1.82, 2.24) is 14.8 Å². The Morgan fingerprint density at radius 3 is 2.16 bits per heavy atom. The average Bonchev–Trinajstić information content (AvgIpc) is 3.02. The van der Waals surface area contributed by atoms with Crippen molar-refractivity contribution in [2.75, 3.05) is 92.3 Å². The molecule has 242 valence electrons. The zero-order valence-electron chi connectivity index (χ0n) is 25.3. The van der Waals surface area contributed by atoms with Gasteiger partial charge in [0.05, 0.1) is 79.8 Å². The predicted molar refractivity (Wildman–Crippen MR) is 172 cm³/mol. The van der Waals surface area contributed by atoms with Gasteiger partial charge in [-0.25, -0.2) is 0 Å². The Kier molecular flexibility index (Phi) is 15.7. The zero-order valence-corrected chi connectivity index (χ0v) is 26.8. The molecule has 2 aliphatic heterocycles. The maximum absolute atomic E-state index is 9.75. The Morgan fingerprint density at radius 2 is 1.57 bits per heavy atom. The second kappa shape index (κ2) is 18.6. The number of nitrogens with one attached hydrogen (secondary N) is 1. The lowest BCUT2D eigenvalue weighted by atomic mass is 10.1. The maximum Gasteiger partial charge on any atom is 0.163 e. The number of piperazine rings is 1. The van der Waals surface area contributed by atoms with E-state index in [-0.39, 0.29) is 11.0 Å². The minimum absolute atomic E-state index is 0. The van der Waals surface area contributed by atoms with E-state index in [2.05, 4.69) is 33.2 Å². The molecule has 0 bridgehead atoms. The van der Waals surface area contributed by atoms with E-state index in [0.29, 0.717) is 61.7 Å². The number of halogens is 2. The number of hydrogen-bond donors (Lipinski definition) is 1. The van der Waals surface area contributed by atoms with Crippen molar-refractivity contribution in [2.45, 2.75) is 6.42 Å². The van der Waals surface area contributed by atoms with Gasteiger partial charge in [-0.2, -0.15) is 5.26 Å². The molecule has 3 aromatic rings. The summed E-state index contributed by atoms with van der Waals surface area (Å²) in [5.41, 5.74) is 2.11. The number of nitrogens with zero attached hydrogens (tertiary/aromatic N) is 4. The van der Waals surface area contributed by atoms with Gasteiger partial charge >= 0.3 is 0 Å². The summed E-state index contributed by atoms with van der Waals surface area (Å²) < 4.78 is 26.9. The van der Waals surface area contributed by atoms with Crippen molar-refractivity contribution in [3.05, 3.63) is 46.1 Å². The highest BCUT2D eigenvalue weighted by atomic mass is 35.5. The monoisotopic (exact) mass is 653 g/mol. The third-order valence-electron chi connectivity index (χ3n) is 6.99. The van der Waals surface area contributed by atoms with E-state index in [1.165, 1.54) is 13.3 Å². The predicted octanol–water partition coefficient (Wildman–Crippen LogP) is 3.57. The fraction of sp³-hybridized carbons (Fsp3) is 0.467. The first-order chi connectivity index (χ1) is 20.4. The molecule has 0 radical (unpaired) electrons. The van der Waals surface area contributed by atoms with E-state index in [9.17, 15) is 5.26 Å². The summed E-state index contributed by atoms with van der Waals surface area (Å²) in [5.74, 6) is 1.63. The van der Waals surface area contributed by atoms with Gasteiger partial charge in [0.15, 0.2) is 11.5 Å². The van der Waals surface area contributed by atoms with Gasteiger partial charge in [0.25, 0.3) is 0 Å². The molecule has 0 spiro atoms. The van der Waals surface area contributed by atoms with Gasteiger partial charge in [-0.3, -0.25) is 4.98 Å². The summed E-state index contributed by atoms with van der Waals surface area (Å²) in [5, 5.41) is 14.5. The highest BCUT2D eigenvalue weighted by Crippen LogP contribution is 2.40. The molecule has 0 unspecified atom stereocenters. The van der Waals surface area contributed by atoms with Crippen molar-refractivity contribution in [2.24, 2.45) is 0 Å². The third kappa shape index (κ3) is 9.95. The number of ether oxygens (including phenoxy) is 5. The Balaban J connectivity index is 0.000000755. The van der Waals surface area contributed by atoms with Crippen molar-refractivity contribution in [3.63, 3.8) is 0 Å². The number of pyridine rings is 1. The molecule has 3 heterocycles. The van der Waals surface area contributed by atoms with Gasteiger partial charge < -0.3 is 49.8 Å². The van der Waals surface area contributed by atoms with Crippen LogP contribution in [0.2, 0.25) is 10.0 Å². The number of rotatable bonds is 9. The fourth-order valence-electron chi connectivity index (χ4n) is 4.59. The smallest absolute Gasteiger partial charge is 0.163 e. The van der Waals surface area contributed by atoms with Gasteiger partial charge in [0, 0.05) is 56.4 Å². The number of hydrogen-bond acceptors (Lipinski definition) is 10. The number of nitriles is 1. The van der Waals surface area contributed by atoms with E-state index in [1.807, 2.05) is 12.1 Å². The van der Waals surface area contributed by atoms with Gasteiger partial charge in [-0.1, -0.05) is 23.2 Å². The van der Waals surface area contributed by atoms with E-state index >= 15 is 0 Å². The molecule has 0 saturated carbocycles. The second-order valence-electron chi connectivity index (χ2n) is 9.84. The summed E-state index contributed by atoms with van der Waals surface area (Å²) in [4.78, 5) is 9.28. The maximum atomic E-state index is 9.75. The molecule has 0 amide bonds. The summed E-state index contributed by atoms with van der Waals surface area (Å²) >= 11 is 12.6. The first-order valence-corrected chi connectivity index (χ1v) is 14.6. The first kappa shape index (κ1) is 37.1. The SMILES string of the molecule is C1COCCO1.COc1cc(Nc2c(C#N)cnc3cc(OCCCN4CCN(C)CC4)c(OC)cc23)c(Cl)cc1Cl.O.O. The van der Waals surface area contributed by atoms with Crippen LogP contribution in [0.25, 0.3) is 10.9 Å². The molecule has 0 aliphatic carbocycles. The molecule has 2 aromatic carbocycles. The van der Waals surface area contributed by atoms with Crippen LogP contribution in [0.15, 0.2) is 30.5 Å². The minimum Gasteiger partial charge on any atom is -0.495 e. The molecule has 2 aliphatic rings. The van der Waals surface area contributed by atoms with Crippen LogP contribution in [0.4, 0.5) is 11.4 Å². The van der Waals surface area contributed by atoms with Crippen LogP contribution in [0.3, 0.4) is 0 Å². The Labute approximate surface area is 267 Å². The van der Waals surface area contributed by atoms with Crippen LogP contribution in [0, 0.1) is 11.3 Å². The largest absolute Gasteiger partial charge is 0.495 e. The molecule has 2 saturated heterocycles. The molecular formula is C30H41Cl2N5O7. The summed E-state index contributed by atoms with van der Waals surface area (Å²) in [6.07, 6.45) is 2.44. The molecule has 44 heavy (non-hydrogen) atoms. The summed E-state index contributed by atoms with van der Waals surface area (Å²) in [6.45, 7) is 9.03. The fourth-order valence-corrected chi connectivity index (χ4v) is 5.10. The Morgan fingerprint density at radius 1 is 0.909 bits per heavy atom. The second-order valence-corrected chi connectivity index (χ2v) is 10.7. The van der Waals surface area contributed by atoms with E-state index in [1.54, 1.807) is 19.2 Å². The summed E-state index contributed by atoms with van der Waals surface area (Å²) in [7, 11) is 5.27. The Hall–Kier alpha value is -3.12. The molecule has 2 fully saturated rings. The third-order valence-corrected chi connectivity index (χ3v) is 7.60. The molecule has 5 N–H and O–H groups in total. The van der Waals surface area contributed by atoms with Gasteiger partial charge in [0.1, 0.15) is 11.8 Å². The van der Waals surface area contributed by atoms with E-state index < -0.39 is 0 Å². The highest BCUT2D eigenvalue weighted by Gasteiger charge is 2.17. The quantitative estimate of drug-likeness (QED) is 0.337. The van der Waals surface area contributed by atoms with Gasteiger partial charge in [-0.05, 0) is 25.6 Å². The lowest BCUT2D eigenvalue weighted by molar-refractivity contribution is -0.0334. The topological polar surface area (TPSA) is 164 Å². The Bertz CT molecular complexity index is 1370. The lowest BCUT2D eigenvalue weighted by Crippen LogP contribution is -2.44. The van der Waals surface area contributed by atoms with Crippen molar-refractivity contribution in [1.29, 1.82) is 5.26 Å². The summed E-state index contributed by atoms with van der Waals surface area (Å²) in [6, 6.07) is 9.12. The van der Waals surface area contributed by atoms with Crippen LogP contribution >= 0.6 is 23.2 Å². The van der Waals surface area contributed by atoms with Crippen molar-refractivity contribution in [3.8, 4) is 23.3 Å². The number of likely N-dealkylation sites (N-methyl/N-ethyl adjacent to an activating group) is 1.